The highest BCUT2D eigenvalue weighted by Gasteiger charge is 2.36. The number of Topliss-reactive ketones (excluding diaryl/α,β-unsaturated/α-hetero) is 1. The smallest absolute Gasteiger partial charge is 0.167 e. The molecule has 1 aliphatic heterocycles. The van der Waals surface area contributed by atoms with Gasteiger partial charge in [0, 0.05) is 31.1 Å². The number of ketones is 1. The number of hydrogen-bond acceptors (Lipinski definition) is 4. The van der Waals surface area contributed by atoms with E-state index in [4.69, 9.17) is 4.74 Å². The summed E-state index contributed by atoms with van der Waals surface area (Å²) in [6.07, 6.45) is 2.91. The molecule has 1 unspecified atom stereocenters. The van der Waals surface area contributed by atoms with E-state index in [1.54, 1.807) is 19.2 Å². The predicted molar refractivity (Wildman–Crippen MR) is 105 cm³/mol. The fraction of sp³-hybridized carbons (Fsp3) is 0.435. The van der Waals surface area contributed by atoms with Crippen LogP contribution in [0.4, 0.5) is 4.39 Å². The van der Waals surface area contributed by atoms with E-state index in [2.05, 4.69) is 4.90 Å². The molecule has 0 bridgehead atoms. The second-order valence-electron chi connectivity index (χ2n) is 7.96. The van der Waals surface area contributed by atoms with Crippen LogP contribution in [0.15, 0.2) is 42.5 Å². The van der Waals surface area contributed by atoms with Gasteiger partial charge in [0.05, 0.1) is 12.7 Å². The summed E-state index contributed by atoms with van der Waals surface area (Å²) in [6, 6.07) is 11.8. The summed E-state index contributed by atoms with van der Waals surface area (Å²) in [5, 5.41) is 11.0. The number of aliphatic hydroxyl groups is 1. The monoisotopic (exact) mass is 383 g/mol. The molecule has 4 nitrogen and oxygen atoms in total. The van der Waals surface area contributed by atoms with Gasteiger partial charge in [-0.05, 0) is 67.1 Å². The van der Waals surface area contributed by atoms with Gasteiger partial charge in [0.25, 0.3) is 0 Å². The Balaban J connectivity index is 1.38. The summed E-state index contributed by atoms with van der Waals surface area (Å²) in [5.41, 5.74) is 1.75. The zero-order valence-corrected chi connectivity index (χ0v) is 16.2. The molecular formula is C23H26FNO3. The van der Waals surface area contributed by atoms with Gasteiger partial charge in [-0.25, -0.2) is 4.39 Å². The fourth-order valence-electron chi connectivity index (χ4n) is 4.47. The van der Waals surface area contributed by atoms with Crippen molar-refractivity contribution in [1.82, 2.24) is 4.90 Å². The third-order valence-electron chi connectivity index (χ3n) is 6.25. The summed E-state index contributed by atoms with van der Waals surface area (Å²) >= 11 is 0. The van der Waals surface area contributed by atoms with Crippen molar-refractivity contribution in [2.24, 2.45) is 5.92 Å². The molecule has 0 saturated carbocycles. The van der Waals surface area contributed by atoms with Crippen LogP contribution in [-0.2, 0) is 12.0 Å². The minimum atomic E-state index is -0.913. The first kappa shape index (κ1) is 19.1. The lowest BCUT2D eigenvalue weighted by molar-refractivity contribution is -0.0283. The lowest BCUT2D eigenvalue weighted by Crippen LogP contribution is -2.45. The molecule has 0 aromatic heterocycles. The largest absolute Gasteiger partial charge is 0.497 e. The van der Waals surface area contributed by atoms with E-state index in [0.717, 1.165) is 54.9 Å². The predicted octanol–water partition coefficient (Wildman–Crippen LogP) is 3.56. The van der Waals surface area contributed by atoms with Crippen LogP contribution in [0.1, 0.15) is 40.7 Å². The number of carbonyl (C=O) groups is 1. The van der Waals surface area contributed by atoms with Crippen molar-refractivity contribution in [2.45, 2.75) is 31.3 Å². The van der Waals surface area contributed by atoms with Gasteiger partial charge in [-0.15, -0.1) is 0 Å². The van der Waals surface area contributed by atoms with Crippen molar-refractivity contribution in [3.05, 3.63) is 65.0 Å². The molecule has 2 aliphatic rings. The number of piperidine rings is 1. The van der Waals surface area contributed by atoms with Crippen LogP contribution in [0.25, 0.3) is 0 Å². The Kier molecular flexibility index (Phi) is 5.21. The topological polar surface area (TPSA) is 49.8 Å². The third kappa shape index (κ3) is 3.69. The number of benzene rings is 2. The van der Waals surface area contributed by atoms with Gasteiger partial charge >= 0.3 is 0 Å². The highest BCUT2D eigenvalue weighted by molar-refractivity contribution is 6.00. The zero-order valence-electron chi connectivity index (χ0n) is 16.2. The molecule has 1 heterocycles. The minimum absolute atomic E-state index is 0.00194. The van der Waals surface area contributed by atoms with Crippen LogP contribution in [0.5, 0.6) is 5.75 Å². The molecule has 1 aliphatic carbocycles. The van der Waals surface area contributed by atoms with Crippen molar-refractivity contribution < 1.29 is 19.0 Å². The standard InChI is InChI=1S/C23H26FNO3/c1-28-20-8-9-21-16(14-20)2-3-17(22(21)26)15-25-12-10-23(27,11-13-25)18-4-6-19(24)7-5-18/h4-9,14,17,27H,2-3,10-13,15H2,1H3. The number of likely N-dealkylation sites (tertiary alicyclic amines) is 1. The molecular weight excluding hydrogens is 357 g/mol. The van der Waals surface area contributed by atoms with Gasteiger partial charge in [0.15, 0.2) is 5.78 Å². The number of aryl methyl sites for hydroxylation is 1. The van der Waals surface area contributed by atoms with E-state index in [-0.39, 0.29) is 17.5 Å². The summed E-state index contributed by atoms with van der Waals surface area (Å²) in [4.78, 5) is 15.2. The normalized spacial score (nSPS) is 22.0. The number of carbonyl (C=O) groups excluding carboxylic acids is 1. The van der Waals surface area contributed by atoms with Gasteiger partial charge in [0.2, 0.25) is 0 Å². The van der Waals surface area contributed by atoms with E-state index >= 15 is 0 Å². The quantitative estimate of drug-likeness (QED) is 0.877. The number of halogens is 1. The molecule has 5 heteroatoms. The molecule has 28 heavy (non-hydrogen) atoms. The summed E-state index contributed by atoms with van der Waals surface area (Å²) < 4.78 is 18.4. The molecule has 1 fully saturated rings. The van der Waals surface area contributed by atoms with Crippen LogP contribution in [0.2, 0.25) is 0 Å². The van der Waals surface area contributed by atoms with E-state index in [0.29, 0.717) is 12.8 Å². The number of nitrogens with zero attached hydrogens (tertiary/aromatic N) is 1. The molecule has 2 aromatic rings. The summed E-state index contributed by atoms with van der Waals surface area (Å²) in [5.74, 6) is 0.709. The number of methoxy groups -OCH3 is 1. The highest BCUT2D eigenvalue weighted by atomic mass is 19.1. The number of ether oxygens (including phenoxy) is 1. The molecule has 1 atom stereocenters. The second kappa shape index (κ2) is 7.64. The van der Waals surface area contributed by atoms with Crippen LogP contribution >= 0.6 is 0 Å². The average molecular weight is 383 g/mol. The first-order valence-corrected chi connectivity index (χ1v) is 9.90. The van der Waals surface area contributed by atoms with Crippen molar-refractivity contribution in [3.8, 4) is 5.75 Å². The molecule has 1 N–H and O–H groups in total. The Hall–Kier alpha value is -2.24. The maximum atomic E-state index is 13.2. The van der Waals surface area contributed by atoms with Crippen LogP contribution < -0.4 is 4.74 Å². The van der Waals surface area contributed by atoms with Gasteiger partial charge in [-0.3, -0.25) is 4.79 Å². The number of rotatable bonds is 4. The van der Waals surface area contributed by atoms with Crippen LogP contribution in [-0.4, -0.2) is 42.5 Å². The van der Waals surface area contributed by atoms with Gasteiger partial charge in [0.1, 0.15) is 11.6 Å². The Morgan fingerprint density at radius 3 is 2.57 bits per heavy atom. The van der Waals surface area contributed by atoms with Crippen molar-refractivity contribution in [3.63, 3.8) is 0 Å². The van der Waals surface area contributed by atoms with E-state index in [1.165, 1.54) is 12.1 Å². The Morgan fingerprint density at radius 2 is 1.89 bits per heavy atom. The molecule has 148 valence electrons. The zero-order chi connectivity index (χ0) is 19.7. The molecule has 0 amide bonds. The average Bonchev–Trinajstić information content (AvgIpc) is 2.72. The van der Waals surface area contributed by atoms with Crippen molar-refractivity contribution in [1.29, 1.82) is 0 Å². The summed E-state index contributed by atoms with van der Waals surface area (Å²) in [7, 11) is 1.64. The van der Waals surface area contributed by atoms with E-state index in [9.17, 15) is 14.3 Å². The summed E-state index contributed by atoms with van der Waals surface area (Å²) in [6.45, 7) is 2.18. The van der Waals surface area contributed by atoms with Gasteiger partial charge < -0.3 is 14.7 Å². The molecule has 0 radical (unpaired) electrons. The lowest BCUT2D eigenvalue weighted by Gasteiger charge is -2.40. The highest BCUT2D eigenvalue weighted by Crippen LogP contribution is 2.34. The lowest BCUT2D eigenvalue weighted by atomic mass is 9.81. The fourth-order valence-corrected chi connectivity index (χ4v) is 4.47. The first-order valence-electron chi connectivity index (χ1n) is 9.90. The second-order valence-corrected chi connectivity index (χ2v) is 7.96. The number of fused-ring (bicyclic) bond motifs is 1. The number of hydrogen-bond donors (Lipinski definition) is 1. The van der Waals surface area contributed by atoms with E-state index in [1.807, 2.05) is 18.2 Å². The third-order valence-corrected chi connectivity index (χ3v) is 6.25. The Labute approximate surface area is 164 Å². The Morgan fingerprint density at radius 1 is 1.18 bits per heavy atom. The SMILES string of the molecule is COc1ccc2c(c1)CCC(CN1CCC(O)(c3ccc(F)cc3)CC1)C2=O. The van der Waals surface area contributed by atoms with Gasteiger partial charge in [-0.2, -0.15) is 0 Å². The molecule has 0 spiro atoms. The van der Waals surface area contributed by atoms with Crippen molar-refractivity contribution >= 4 is 5.78 Å². The minimum Gasteiger partial charge on any atom is -0.497 e. The van der Waals surface area contributed by atoms with Crippen LogP contribution in [0, 0.1) is 11.7 Å². The maximum absolute atomic E-state index is 13.2. The molecule has 2 aromatic carbocycles. The molecule has 1 saturated heterocycles. The molecule has 4 rings (SSSR count). The van der Waals surface area contributed by atoms with Crippen molar-refractivity contribution in [2.75, 3.05) is 26.7 Å². The van der Waals surface area contributed by atoms with E-state index < -0.39 is 5.60 Å². The first-order chi connectivity index (χ1) is 13.5. The van der Waals surface area contributed by atoms with Gasteiger partial charge in [-0.1, -0.05) is 12.1 Å². The maximum Gasteiger partial charge on any atom is 0.167 e. The Bertz CT molecular complexity index is 857. The van der Waals surface area contributed by atoms with Crippen LogP contribution in [0.3, 0.4) is 0 Å².